The fourth-order valence-electron chi connectivity index (χ4n) is 1.98. The average Bonchev–Trinajstić information content (AvgIpc) is 2.74. The minimum Gasteiger partial charge on any atom is -0.117 e. The highest BCUT2D eigenvalue weighted by molar-refractivity contribution is 7.99. The lowest BCUT2D eigenvalue weighted by atomic mass is 10.0. The zero-order valence-electron chi connectivity index (χ0n) is 8.31. The maximum Gasteiger partial charge on any atom is 0.0385 e. The summed E-state index contributed by atoms with van der Waals surface area (Å²) in [6.45, 7) is 0. The van der Waals surface area contributed by atoms with Crippen LogP contribution in [0.15, 0.2) is 53.4 Å². The summed E-state index contributed by atoms with van der Waals surface area (Å²) in [5.74, 6) is 0. The highest BCUT2D eigenvalue weighted by atomic mass is 32.2. The van der Waals surface area contributed by atoms with Crippen LogP contribution in [-0.4, -0.2) is 0 Å². The third kappa shape index (κ3) is 1.68. The van der Waals surface area contributed by atoms with Crippen molar-refractivity contribution in [2.75, 3.05) is 0 Å². The van der Waals surface area contributed by atoms with Crippen molar-refractivity contribution in [1.82, 2.24) is 0 Å². The normalized spacial score (nSPS) is 18.8. The molecule has 15 heavy (non-hydrogen) atoms. The van der Waals surface area contributed by atoms with Crippen LogP contribution < -0.4 is 0 Å². The van der Waals surface area contributed by atoms with Crippen molar-refractivity contribution in [2.45, 2.75) is 16.6 Å². The molecular formula is C14H11S. The zero-order chi connectivity index (χ0) is 10.1. The summed E-state index contributed by atoms with van der Waals surface area (Å²) in [5.41, 5.74) is 2.90. The van der Waals surface area contributed by atoms with Crippen molar-refractivity contribution < 1.29 is 0 Å². The van der Waals surface area contributed by atoms with Gasteiger partial charge in [0.05, 0.1) is 0 Å². The minimum absolute atomic E-state index is 0.594. The van der Waals surface area contributed by atoms with Crippen molar-refractivity contribution in [1.29, 1.82) is 0 Å². The summed E-state index contributed by atoms with van der Waals surface area (Å²) in [7, 11) is 0. The summed E-state index contributed by atoms with van der Waals surface area (Å²) in [6, 6.07) is 20.1. The summed E-state index contributed by atoms with van der Waals surface area (Å²) in [5, 5.41) is 0.594. The van der Waals surface area contributed by atoms with Crippen molar-refractivity contribution in [2.24, 2.45) is 0 Å². The molecular weight excluding hydrogens is 200 g/mol. The molecule has 0 saturated carbocycles. The molecule has 1 heterocycles. The number of hydrogen-bond acceptors (Lipinski definition) is 1. The van der Waals surface area contributed by atoms with Crippen LogP contribution in [0.25, 0.3) is 0 Å². The molecule has 2 aromatic carbocycles. The van der Waals surface area contributed by atoms with Crippen LogP contribution >= 0.6 is 11.8 Å². The average molecular weight is 211 g/mol. The Hall–Kier alpha value is -1.21. The maximum atomic E-state index is 3.07. The second-order valence-electron chi connectivity index (χ2n) is 3.75. The first-order chi connectivity index (χ1) is 7.43. The Labute approximate surface area is 94.3 Å². The standard InChI is InChI=1S/C14H11S/c1-2-6-11(7-3-1)14-10-12-8-4-5-9-13(12)15-14/h2-9,14H,10H2. The number of rotatable bonds is 1. The molecule has 1 aliphatic heterocycles. The Bertz CT molecular complexity index is 437. The molecule has 0 aromatic heterocycles. The lowest BCUT2D eigenvalue weighted by Crippen LogP contribution is -1.91. The fourth-order valence-corrected chi connectivity index (χ4v) is 3.30. The molecule has 0 fully saturated rings. The first-order valence-electron chi connectivity index (χ1n) is 5.14. The molecule has 0 nitrogen and oxygen atoms in total. The molecule has 0 aliphatic carbocycles. The van der Waals surface area contributed by atoms with Gasteiger partial charge in [-0.2, -0.15) is 0 Å². The Morgan fingerprint density at radius 1 is 1.07 bits per heavy atom. The Morgan fingerprint density at radius 3 is 2.67 bits per heavy atom. The molecule has 1 heteroatoms. The van der Waals surface area contributed by atoms with Crippen LogP contribution in [0, 0.1) is 6.07 Å². The number of benzene rings is 2. The number of thioether (sulfide) groups is 1. The quantitative estimate of drug-likeness (QED) is 0.690. The molecule has 73 valence electrons. The van der Waals surface area contributed by atoms with Crippen molar-refractivity contribution in [3.63, 3.8) is 0 Å². The topological polar surface area (TPSA) is 0 Å². The lowest BCUT2D eigenvalue weighted by Gasteiger charge is -2.07. The molecule has 3 rings (SSSR count). The van der Waals surface area contributed by atoms with Gasteiger partial charge in [-0.15, -0.1) is 11.8 Å². The van der Waals surface area contributed by atoms with E-state index < -0.39 is 0 Å². The third-order valence-electron chi connectivity index (χ3n) is 2.76. The van der Waals surface area contributed by atoms with E-state index in [0.717, 1.165) is 6.42 Å². The van der Waals surface area contributed by atoms with Gasteiger partial charge in [-0.1, -0.05) is 42.5 Å². The highest BCUT2D eigenvalue weighted by Crippen LogP contribution is 2.45. The van der Waals surface area contributed by atoms with Crippen molar-refractivity contribution in [3.05, 3.63) is 65.7 Å². The minimum atomic E-state index is 0.594. The lowest BCUT2D eigenvalue weighted by molar-refractivity contribution is 0.949. The van der Waals surface area contributed by atoms with Crippen LogP contribution in [0.4, 0.5) is 0 Å². The van der Waals surface area contributed by atoms with Crippen molar-refractivity contribution >= 4 is 11.8 Å². The van der Waals surface area contributed by atoms with E-state index >= 15 is 0 Å². The molecule has 1 atom stereocenters. The second-order valence-corrected chi connectivity index (χ2v) is 5.00. The second kappa shape index (κ2) is 3.74. The Morgan fingerprint density at radius 2 is 1.87 bits per heavy atom. The molecule has 1 radical (unpaired) electrons. The largest absolute Gasteiger partial charge is 0.117 e. The van der Waals surface area contributed by atoms with E-state index in [0.29, 0.717) is 5.25 Å². The smallest absolute Gasteiger partial charge is 0.0385 e. The molecule has 1 unspecified atom stereocenters. The van der Waals surface area contributed by atoms with Crippen LogP contribution in [0.1, 0.15) is 16.4 Å². The first-order valence-corrected chi connectivity index (χ1v) is 6.02. The van der Waals surface area contributed by atoms with Gasteiger partial charge in [0.25, 0.3) is 0 Å². The van der Waals surface area contributed by atoms with Gasteiger partial charge in [-0.3, -0.25) is 0 Å². The third-order valence-corrected chi connectivity index (χ3v) is 4.14. The predicted octanol–water partition coefficient (Wildman–Crippen LogP) is 3.88. The van der Waals surface area contributed by atoms with Crippen LogP contribution in [0.2, 0.25) is 0 Å². The molecule has 0 spiro atoms. The van der Waals surface area contributed by atoms with E-state index in [9.17, 15) is 0 Å². The van der Waals surface area contributed by atoms with Crippen molar-refractivity contribution in [3.8, 4) is 0 Å². The number of fused-ring (bicyclic) bond motifs is 1. The molecule has 2 aromatic rings. The van der Waals surface area contributed by atoms with Crippen LogP contribution in [0.5, 0.6) is 0 Å². The van der Waals surface area contributed by atoms with Crippen LogP contribution in [0.3, 0.4) is 0 Å². The molecule has 0 N–H and O–H groups in total. The van der Waals surface area contributed by atoms with Gasteiger partial charge in [0, 0.05) is 10.1 Å². The summed E-state index contributed by atoms with van der Waals surface area (Å²) in [4.78, 5) is 1.44. The van der Waals surface area contributed by atoms with E-state index in [1.54, 1.807) is 0 Å². The van der Waals surface area contributed by atoms with Gasteiger partial charge in [-0.05, 0) is 29.7 Å². The van der Waals surface area contributed by atoms with Gasteiger partial charge in [0.15, 0.2) is 0 Å². The van der Waals surface area contributed by atoms with Crippen LogP contribution in [-0.2, 0) is 6.42 Å². The predicted molar refractivity (Wildman–Crippen MR) is 64.0 cm³/mol. The number of hydrogen-bond donors (Lipinski definition) is 0. The maximum absolute atomic E-state index is 3.07. The fraction of sp³-hybridized carbons (Fsp3) is 0.143. The van der Waals surface area contributed by atoms with E-state index in [1.165, 1.54) is 16.0 Å². The van der Waals surface area contributed by atoms with E-state index in [2.05, 4.69) is 42.5 Å². The van der Waals surface area contributed by atoms with E-state index in [1.807, 2.05) is 23.9 Å². The van der Waals surface area contributed by atoms with E-state index in [4.69, 9.17) is 0 Å². The van der Waals surface area contributed by atoms with Gasteiger partial charge in [0.2, 0.25) is 0 Å². The Kier molecular flexibility index (Phi) is 2.26. The summed E-state index contributed by atoms with van der Waals surface area (Å²) >= 11 is 1.98. The summed E-state index contributed by atoms with van der Waals surface area (Å²) < 4.78 is 0. The monoisotopic (exact) mass is 211 g/mol. The van der Waals surface area contributed by atoms with Gasteiger partial charge in [-0.25, -0.2) is 0 Å². The zero-order valence-corrected chi connectivity index (χ0v) is 9.13. The molecule has 0 saturated heterocycles. The van der Waals surface area contributed by atoms with E-state index in [-0.39, 0.29) is 0 Å². The van der Waals surface area contributed by atoms with Gasteiger partial charge < -0.3 is 0 Å². The molecule has 0 amide bonds. The first kappa shape index (κ1) is 9.05. The highest BCUT2D eigenvalue weighted by Gasteiger charge is 2.22. The summed E-state index contributed by atoms with van der Waals surface area (Å²) in [6.07, 6.45) is 1.16. The SMILES string of the molecule is [c]1ccc(C2Cc3ccccc3S2)cc1. The van der Waals surface area contributed by atoms with Gasteiger partial charge >= 0.3 is 0 Å². The van der Waals surface area contributed by atoms with Gasteiger partial charge in [0.1, 0.15) is 0 Å². The molecule has 0 bridgehead atoms. The Balaban J connectivity index is 1.91. The molecule has 1 aliphatic rings.